The number of nitrogens with zero attached hydrogens (tertiary/aromatic N) is 1. The van der Waals surface area contributed by atoms with Gasteiger partial charge in [0.2, 0.25) is 0 Å². The molecule has 0 atom stereocenters. The van der Waals surface area contributed by atoms with E-state index >= 15 is 0 Å². The molecule has 0 aliphatic heterocycles. The average Bonchev–Trinajstić information content (AvgIpc) is 2.48. The van der Waals surface area contributed by atoms with Gasteiger partial charge in [-0.1, -0.05) is 39.5 Å². The van der Waals surface area contributed by atoms with Crippen LogP contribution in [0.5, 0.6) is 5.75 Å². The number of benzene rings is 1. The van der Waals surface area contributed by atoms with Crippen LogP contribution in [0, 0.1) is 12.3 Å². The fourth-order valence-electron chi connectivity index (χ4n) is 2.00. The molecular weight excluding hydrogens is 310 g/mol. The first-order valence-electron chi connectivity index (χ1n) is 7.32. The lowest BCUT2D eigenvalue weighted by Gasteiger charge is -2.22. The minimum absolute atomic E-state index is 0.164. The third-order valence-electron chi connectivity index (χ3n) is 3.20. The van der Waals surface area contributed by atoms with Gasteiger partial charge in [0.25, 0.3) is 0 Å². The maximum atomic E-state index is 10.5. The first-order chi connectivity index (χ1) is 10.7. The molecule has 0 aliphatic rings. The Bertz CT molecular complexity index is 655. The smallest absolute Gasteiger partial charge is 0.144 e. The fourth-order valence-corrected chi connectivity index (χ4v) is 2.09. The van der Waals surface area contributed by atoms with Crippen molar-refractivity contribution in [3.05, 3.63) is 48.1 Å². The van der Waals surface area contributed by atoms with Crippen molar-refractivity contribution in [3.8, 4) is 5.75 Å². The Morgan fingerprint density at radius 1 is 1.43 bits per heavy atom. The van der Waals surface area contributed by atoms with E-state index in [1.807, 2.05) is 39.8 Å². The molecule has 0 radical (unpaired) electrons. The molecule has 124 valence electrons. The van der Waals surface area contributed by atoms with Crippen molar-refractivity contribution in [3.63, 3.8) is 0 Å². The average molecular weight is 334 g/mol. The number of anilines is 1. The summed E-state index contributed by atoms with van der Waals surface area (Å²) in [6.07, 6.45) is 4.73. The van der Waals surface area contributed by atoms with E-state index in [1.54, 1.807) is 12.2 Å². The minimum atomic E-state index is -0.189. The number of hydrogen-bond acceptors (Lipinski definition) is 4. The van der Waals surface area contributed by atoms with Crippen LogP contribution in [0.3, 0.4) is 0 Å². The molecule has 0 saturated carbocycles. The molecule has 0 spiro atoms. The number of hydrazone groups is 1. The Morgan fingerprint density at radius 2 is 2.09 bits per heavy atom. The number of aromatic hydroxyl groups is 1. The van der Waals surface area contributed by atoms with Gasteiger partial charge in [0.15, 0.2) is 0 Å². The van der Waals surface area contributed by atoms with Crippen molar-refractivity contribution < 1.29 is 5.11 Å². The van der Waals surface area contributed by atoms with Gasteiger partial charge in [-0.3, -0.25) is 10.8 Å². The van der Waals surface area contributed by atoms with Gasteiger partial charge < -0.3 is 5.11 Å². The van der Waals surface area contributed by atoms with Gasteiger partial charge in [0.05, 0.1) is 11.4 Å². The van der Waals surface area contributed by atoms with E-state index in [0.29, 0.717) is 17.3 Å². The summed E-state index contributed by atoms with van der Waals surface area (Å²) in [6, 6.07) is 3.78. The number of rotatable bonds is 6. The predicted octanol–water partition coefficient (Wildman–Crippen LogP) is 4.77. The van der Waals surface area contributed by atoms with E-state index in [-0.39, 0.29) is 16.9 Å². The van der Waals surface area contributed by atoms with Gasteiger partial charge >= 0.3 is 0 Å². The Balaban J connectivity index is 3.24. The Kier molecular flexibility index (Phi) is 6.58. The van der Waals surface area contributed by atoms with E-state index in [0.717, 1.165) is 11.1 Å². The quantitative estimate of drug-likeness (QED) is 0.304. The zero-order valence-electron chi connectivity index (χ0n) is 14.1. The molecule has 0 saturated heterocycles. The first kappa shape index (κ1) is 19.0. The molecule has 1 aromatic carbocycles. The normalized spacial score (nSPS) is 12.5. The number of hydrogen-bond donors (Lipinski definition) is 3. The number of phenols is 1. The number of nitrogens with one attached hydrogen (secondary N) is 2. The van der Waals surface area contributed by atoms with Crippen molar-refractivity contribution in [1.82, 2.24) is 0 Å². The first-order valence-corrected chi connectivity index (χ1v) is 7.85. The largest absolute Gasteiger partial charge is 0.505 e. The Hall–Kier alpha value is -2.07. The molecular formula is C18H24ClN3O. The van der Waals surface area contributed by atoms with Gasteiger partial charge in [-0.05, 0) is 36.1 Å². The van der Waals surface area contributed by atoms with Crippen LogP contribution in [0.4, 0.5) is 5.69 Å². The van der Waals surface area contributed by atoms with Gasteiger partial charge in [0.1, 0.15) is 11.5 Å². The van der Waals surface area contributed by atoms with Crippen molar-refractivity contribution in [2.75, 3.05) is 11.3 Å². The summed E-state index contributed by atoms with van der Waals surface area (Å²) in [5.74, 6) is 0.491. The standard InChI is InChI=1S/C18H24ClN3O/c1-6-14(20)15(8-7-9-19)21-22-16-11-12(2)10-13(17(16)23)18(3,4)5/h6-8,10-11,20,22-23H,1,9H2,2-5H3/b8-7-,20-14?,21-15-. The summed E-state index contributed by atoms with van der Waals surface area (Å²) in [5.41, 5.74) is 5.57. The molecule has 0 bridgehead atoms. The highest BCUT2D eigenvalue weighted by Crippen LogP contribution is 2.37. The van der Waals surface area contributed by atoms with Crippen LogP contribution in [0.25, 0.3) is 0 Å². The summed E-state index contributed by atoms with van der Waals surface area (Å²) in [7, 11) is 0. The van der Waals surface area contributed by atoms with Crippen LogP contribution >= 0.6 is 11.6 Å². The summed E-state index contributed by atoms with van der Waals surface area (Å²) in [6.45, 7) is 11.7. The number of allylic oxidation sites excluding steroid dienone is 3. The summed E-state index contributed by atoms with van der Waals surface area (Å²) < 4.78 is 0. The van der Waals surface area contributed by atoms with Gasteiger partial charge in [-0.25, -0.2) is 0 Å². The molecule has 4 nitrogen and oxygen atoms in total. The maximum Gasteiger partial charge on any atom is 0.144 e. The second-order valence-electron chi connectivity index (χ2n) is 6.24. The van der Waals surface area contributed by atoms with E-state index in [9.17, 15) is 5.11 Å². The van der Waals surface area contributed by atoms with Gasteiger partial charge in [-0.15, -0.1) is 11.6 Å². The van der Waals surface area contributed by atoms with Crippen LogP contribution in [0.2, 0.25) is 0 Å². The third-order valence-corrected chi connectivity index (χ3v) is 3.38. The molecule has 3 N–H and O–H groups in total. The Labute approximate surface area is 143 Å². The molecule has 0 unspecified atom stereocenters. The molecule has 1 rings (SSSR count). The SMILES string of the molecule is C=CC(=N)C(/C=C\CCl)=N\Nc1cc(C)cc(C(C)(C)C)c1O. The predicted molar refractivity (Wildman–Crippen MR) is 100 cm³/mol. The lowest BCUT2D eigenvalue weighted by Crippen LogP contribution is -2.13. The van der Waals surface area contributed by atoms with Crippen LogP contribution in [-0.2, 0) is 5.41 Å². The molecule has 0 aromatic heterocycles. The van der Waals surface area contributed by atoms with Crippen LogP contribution < -0.4 is 5.43 Å². The van der Waals surface area contributed by atoms with E-state index in [1.165, 1.54) is 6.08 Å². The highest BCUT2D eigenvalue weighted by atomic mass is 35.5. The second-order valence-corrected chi connectivity index (χ2v) is 6.55. The van der Waals surface area contributed by atoms with E-state index in [2.05, 4.69) is 17.1 Å². The lowest BCUT2D eigenvalue weighted by atomic mass is 9.85. The molecule has 0 aliphatic carbocycles. The van der Waals surface area contributed by atoms with Crippen molar-refractivity contribution in [2.45, 2.75) is 33.1 Å². The number of phenolic OH excluding ortho intramolecular Hbond substituents is 1. The molecule has 0 amide bonds. The molecule has 23 heavy (non-hydrogen) atoms. The minimum Gasteiger partial charge on any atom is -0.505 e. The molecule has 5 heteroatoms. The topological polar surface area (TPSA) is 68.5 Å². The highest BCUT2D eigenvalue weighted by Gasteiger charge is 2.20. The summed E-state index contributed by atoms with van der Waals surface area (Å²) in [4.78, 5) is 0. The molecule has 0 heterocycles. The van der Waals surface area contributed by atoms with Crippen molar-refractivity contribution in [1.29, 1.82) is 5.41 Å². The van der Waals surface area contributed by atoms with Gasteiger partial charge in [0, 0.05) is 11.4 Å². The lowest BCUT2D eigenvalue weighted by molar-refractivity contribution is 0.448. The van der Waals surface area contributed by atoms with Crippen LogP contribution in [0.15, 0.2) is 42.0 Å². The summed E-state index contributed by atoms with van der Waals surface area (Å²) in [5, 5.41) is 22.5. The maximum absolute atomic E-state index is 10.5. The van der Waals surface area contributed by atoms with Crippen molar-refractivity contribution in [2.24, 2.45) is 5.10 Å². The highest BCUT2D eigenvalue weighted by molar-refractivity contribution is 6.49. The van der Waals surface area contributed by atoms with Crippen LogP contribution in [-0.4, -0.2) is 22.4 Å². The van der Waals surface area contributed by atoms with E-state index < -0.39 is 0 Å². The second kappa shape index (κ2) is 7.97. The number of halogens is 1. The summed E-state index contributed by atoms with van der Waals surface area (Å²) >= 11 is 5.63. The zero-order chi connectivity index (χ0) is 17.6. The van der Waals surface area contributed by atoms with Crippen molar-refractivity contribution >= 4 is 28.7 Å². The van der Waals surface area contributed by atoms with Gasteiger partial charge in [-0.2, -0.15) is 5.10 Å². The monoisotopic (exact) mass is 333 g/mol. The number of alkyl halides is 1. The molecule has 1 aromatic rings. The zero-order valence-corrected chi connectivity index (χ0v) is 14.8. The fraction of sp³-hybridized carbons (Fsp3) is 0.333. The molecule has 0 fully saturated rings. The third kappa shape index (κ3) is 5.25. The van der Waals surface area contributed by atoms with E-state index in [4.69, 9.17) is 17.0 Å². The Morgan fingerprint density at radius 3 is 2.61 bits per heavy atom. The number of aryl methyl sites for hydroxylation is 1. The van der Waals surface area contributed by atoms with Crippen LogP contribution in [0.1, 0.15) is 31.9 Å².